The topological polar surface area (TPSA) is 116 Å². The standard InChI is InChI=1S/C19H19N5O3S/c1-12-8-9-16(24(26)27)18(13(12)2)22-17(25)11-28-19-21-15(10-23(19)20)14-6-4-3-5-7-14/h3-10H,11,20H2,1-2H3,(H,22,25). The highest BCUT2D eigenvalue weighted by Gasteiger charge is 2.20. The Morgan fingerprint density at radius 3 is 2.64 bits per heavy atom. The number of aryl methyl sites for hydroxylation is 1. The smallest absolute Gasteiger partial charge is 0.293 e. The van der Waals surface area contributed by atoms with E-state index < -0.39 is 4.92 Å². The molecule has 0 radical (unpaired) electrons. The number of hydrogen-bond donors (Lipinski definition) is 2. The van der Waals surface area contributed by atoms with Crippen LogP contribution in [0.4, 0.5) is 11.4 Å². The Balaban J connectivity index is 1.72. The van der Waals surface area contributed by atoms with Crippen molar-refractivity contribution in [1.82, 2.24) is 9.66 Å². The number of nitro benzene ring substituents is 1. The molecule has 9 heteroatoms. The number of rotatable bonds is 6. The zero-order chi connectivity index (χ0) is 20.3. The number of nitro groups is 1. The first-order chi connectivity index (χ1) is 13.4. The molecule has 1 aromatic heterocycles. The van der Waals surface area contributed by atoms with Gasteiger partial charge in [0.15, 0.2) is 5.16 Å². The van der Waals surface area contributed by atoms with Gasteiger partial charge in [-0.05, 0) is 25.0 Å². The highest BCUT2D eigenvalue weighted by Crippen LogP contribution is 2.30. The molecule has 3 aromatic rings. The van der Waals surface area contributed by atoms with Crippen LogP contribution in [0.1, 0.15) is 11.1 Å². The fourth-order valence-electron chi connectivity index (χ4n) is 2.65. The maximum Gasteiger partial charge on any atom is 0.293 e. The van der Waals surface area contributed by atoms with E-state index in [0.717, 1.165) is 22.9 Å². The van der Waals surface area contributed by atoms with Gasteiger partial charge in [-0.25, -0.2) is 9.66 Å². The molecular weight excluding hydrogens is 378 g/mol. The summed E-state index contributed by atoms with van der Waals surface area (Å²) in [4.78, 5) is 27.6. The van der Waals surface area contributed by atoms with Gasteiger partial charge in [0.25, 0.3) is 5.69 Å². The number of aromatic nitrogens is 2. The molecule has 0 spiro atoms. The molecule has 0 saturated carbocycles. The molecule has 0 aliphatic carbocycles. The van der Waals surface area contributed by atoms with Crippen molar-refractivity contribution in [3.63, 3.8) is 0 Å². The van der Waals surface area contributed by atoms with Crippen LogP contribution in [0.15, 0.2) is 53.8 Å². The van der Waals surface area contributed by atoms with Crippen LogP contribution >= 0.6 is 11.8 Å². The first-order valence-electron chi connectivity index (χ1n) is 8.44. The number of hydrogen-bond acceptors (Lipinski definition) is 6. The summed E-state index contributed by atoms with van der Waals surface area (Å²) in [6.07, 6.45) is 1.69. The Labute approximate surface area is 165 Å². The highest BCUT2D eigenvalue weighted by atomic mass is 32.2. The molecule has 0 fully saturated rings. The fourth-order valence-corrected chi connectivity index (χ4v) is 3.35. The lowest BCUT2D eigenvalue weighted by molar-refractivity contribution is -0.384. The molecule has 0 unspecified atom stereocenters. The average molecular weight is 397 g/mol. The summed E-state index contributed by atoms with van der Waals surface area (Å²) in [5.74, 6) is 5.59. The van der Waals surface area contributed by atoms with E-state index in [-0.39, 0.29) is 23.0 Å². The molecule has 0 aliphatic rings. The van der Waals surface area contributed by atoms with Crippen molar-refractivity contribution in [2.24, 2.45) is 0 Å². The zero-order valence-corrected chi connectivity index (χ0v) is 16.2. The van der Waals surface area contributed by atoms with Crippen LogP contribution in [0.2, 0.25) is 0 Å². The first-order valence-corrected chi connectivity index (χ1v) is 9.42. The first kappa shape index (κ1) is 19.4. The third kappa shape index (κ3) is 4.15. The minimum atomic E-state index is -0.506. The van der Waals surface area contributed by atoms with Gasteiger partial charge in [-0.3, -0.25) is 14.9 Å². The third-order valence-corrected chi connectivity index (χ3v) is 5.24. The van der Waals surface area contributed by atoms with E-state index in [1.165, 1.54) is 10.7 Å². The molecule has 1 amide bonds. The molecule has 0 saturated heterocycles. The van der Waals surface area contributed by atoms with Gasteiger partial charge < -0.3 is 11.2 Å². The Hall–Kier alpha value is -3.33. The summed E-state index contributed by atoms with van der Waals surface area (Å²) in [7, 11) is 0. The number of nitrogen functional groups attached to an aromatic ring is 1. The second-order valence-electron chi connectivity index (χ2n) is 6.18. The van der Waals surface area contributed by atoms with Crippen molar-refractivity contribution < 1.29 is 9.72 Å². The molecule has 1 heterocycles. The molecule has 144 valence electrons. The number of carbonyl (C=O) groups excluding carboxylic acids is 1. The van der Waals surface area contributed by atoms with Gasteiger partial charge in [0.2, 0.25) is 5.91 Å². The molecule has 0 aliphatic heterocycles. The molecule has 0 bridgehead atoms. The van der Waals surface area contributed by atoms with Crippen LogP contribution in [0, 0.1) is 24.0 Å². The van der Waals surface area contributed by atoms with Crippen LogP contribution in [0.25, 0.3) is 11.3 Å². The van der Waals surface area contributed by atoms with Crippen molar-refractivity contribution in [1.29, 1.82) is 0 Å². The average Bonchev–Trinajstić information content (AvgIpc) is 3.05. The van der Waals surface area contributed by atoms with Crippen LogP contribution in [-0.4, -0.2) is 26.2 Å². The van der Waals surface area contributed by atoms with Crippen LogP contribution in [0.3, 0.4) is 0 Å². The summed E-state index contributed by atoms with van der Waals surface area (Å²) >= 11 is 1.16. The Morgan fingerprint density at radius 1 is 1.25 bits per heavy atom. The predicted octanol–water partition coefficient (Wildman–Crippen LogP) is 3.52. The molecule has 8 nitrogen and oxygen atoms in total. The number of nitrogens with one attached hydrogen (secondary N) is 1. The van der Waals surface area contributed by atoms with Gasteiger partial charge in [-0.15, -0.1) is 0 Å². The minimum absolute atomic E-state index is 0.0208. The largest absolute Gasteiger partial charge is 0.337 e. The highest BCUT2D eigenvalue weighted by molar-refractivity contribution is 7.99. The maximum absolute atomic E-state index is 12.4. The lowest BCUT2D eigenvalue weighted by Crippen LogP contribution is -2.17. The SMILES string of the molecule is Cc1ccc([N+](=O)[O-])c(NC(=O)CSc2nc(-c3ccccc3)cn2N)c1C. The van der Waals surface area contributed by atoms with Gasteiger partial charge in [-0.2, -0.15) is 0 Å². The van der Waals surface area contributed by atoms with E-state index >= 15 is 0 Å². The van der Waals surface area contributed by atoms with Crippen LogP contribution in [-0.2, 0) is 4.79 Å². The van der Waals surface area contributed by atoms with Gasteiger partial charge in [0, 0.05) is 11.6 Å². The summed E-state index contributed by atoms with van der Waals surface area (Å²) in [6.45, 7) is 3.57. The summed E-state index contributed by atoms with van der Waals surface area (Å²) in [5.41, 5.74) is 3.24. The van der Waals surface area contributed by atoms with Crippen molar-refractivity contribution in [3.05, 3.63) is 69.9 Å². The zero-order valence-electron chi connectivity index (χ0n) is 15.4. The minimum Gasteiger partial charge on any atom is -0.337 e. The lowest BCUT2D eigenvalue weighted by Gasteiger charge is -2.11. The molecule has 0 atom stereocenters. The number of thioether (sulfide) groups is 1. The number of amides is 1. The van der Waals surface area contributed by atoms with Gasteiger partial charge in [0.05, 0.1) is 22.6 Å². The van der Waals surface area contributed by atoms with E-state index in [0.29, 0.717) is 16.4 Å². The van der Waals surface area contributed by atoms with E-state index in [2.05, 4.69) is 10.3 Å². The monoisotopic (exact) mass is 397 g/mol. The van der Waals surface area contributed by atoms with E-state index in [4.69, 9.17) is 5.84 Å². The second kappa shape index (κ2) is 8.13. The second-order valence-corrected chi connectivity index (χ2v) is 7.12. The molecule has 3 N–H and O–H groups in total. The number of nitrogens with two attached hydrogens (primary N) is 1. The van der Waals surface area contributed by atoms with Crippen molar-refractivity contribution in [2.45, 2.75) is 19.0 Å². The van der Waals surface area contributed by atoms with E-state index in [1.54, 1.807) is 19.2 Å². The van der Waals surface area contributed by atoms with E-state index in [9.17, 15) is 14.9 Å². The van der Waals surface area contributed by atoms with Gasteiger partial charge in [0.1, 0.15) is 5.69 Å². The number of imidazole rings is 1. The Morgan fingerprint density at radius 2 is 1.96 bits per heavy atom. The maximum atomic E-state index is 12.4. The van der Waals surface area contributed by atoms with Crippen LogP contribution < -0.4 is 11.2 Å². The van der Waals surface area contributed by atoms with Crippen molar-refractivity contribution >= 4 is 29.0 Å². The summed E-state index contributed by atoms with van der Waals surface area (Å²) < 4.78 is 1.36. The molecule has 2 aromatic carbocycles. The Bertz CT molecular complexity index is 1030. The number of benzene rings is 2. The molecule has 3 rings (SSSR count). The quantitative estimate of drug-likeness (QED) is 0.284. The van der Waals surface area contributed by atoms with Crippen LogP contribution in [0.5, 0.6) is 0 Å². The van der Waals surface area contributed by atoms with Crippen molar-refractivity contribution in [3.8, 4) is 11.3 Å². The van der Waals surface area contributed by atoms with Gasteiger partial charge >= 0.3 is 0 Å². The molecule has 28 heavy (non-hydrogen) atoms. The molecular formula is C19H19N5O3S. The normalized spacial score (nSPS) is 10.6. The number of nitrogens with zero attached hydrogens (tertiary/aromatic N) is 3. The van der Waals surface area contributed by atoms with Gasteiger partial charge in [-0.1, -0.05) is 48.2 Å². The third-order valence-electron chi connectivity index (χ3n) is 4.28. The lowest BCUT2D eigenvalue weighted by atomic mass is 10.1. The summed E-state index contributed by atoms with van der Waals surface area (Å²) in [6, 6.07) is 12.6. The van der Waals surface area contributed by atoms with E-state index in [1.807, 2.05) is 37.3 Å². The Kier molecular flexibility index (Phi) is 5.65. The number of anilines is 1. The number of carbonyl (C=O) groups is 1. The predicted molar refractivity (Wildman–Crippen MR) is 110 cm³/mol. The fraction of sp³-hybridized carbons (Fsp3) is 0.158. The summed E-state index contributed by atoms with van der Waals surface area (Å²) in [5, 5.41) is 14.4. The van der Waals surface area contributed by atoms with Crippen molar-refractivity contribution in [2.75, 3.05) is 16.9 Å².